The number of rotatable bonds is 7. The summed E-state index contributed by atoms with van der Waals surface area (Å²) in [7, 11) is 1.84. The average molecular weight is 414 g/mol. The number of carbonyl (C=O) groups excluding carboxylic acids is 1. The van der Waals surface area contributed by atoms with Crippen LogP contribution in [0.3, 0.4) is 0 Å². The topological polar surface area (TPSA) is 113 Å². The fourth-order valence-corrected chi connectivity index (χ4v) is 3.49. The van der Waals surface area contributed by atoms with Gasteiger partial charge in [-0.15, -0.1) is 5.10 Å². The molecule has 0 saturated heterocycles. The monoisotopic (exact) mass is 413 g/mol. The molecule has 9 nitrogen and oxygen atoms in total. The Kier molecular flexibility index (Phi) is 6.28. The number of para-hydroxylation sites is 1. The van der Waals surface area contributed by atoms with E-state index in [4.69, 9.17) is 10.5 Å². The number of nitrogens with one attached hydrogen (secondary N) is 1. The molecule has 1 aromatic carbocycles. The van der Waals surface area contributed by atoms with E-state index in [2.05, 4.69) is 32.1 Å². The molecule has 0 spiro atoms. The van der Waals surface area contributed by atoms with Gasteiger partial charge in [-0.25, -0.2) is 9.78 Å². The molecule has 0 aliphatic carbocycles. The van der Waals surface area contributed by atoms with E-state index < -0.39 is 5.60 Å². The van der Waals surface area contributed by atoms with Crippen molar-refractivity contribution in [1.29, 1.82) is 0 Å². The lowest BCUT2D eigenvalue weighted by Crippen LogP contribution is -2.33. The second-order valence-corrected chi connectivity index (χ2v) is 8.56. The van der Waals surface area contributed by atoms with Crippen LogP contribution in [-0.2, 0) is 11.8 Å². The number of hydrogen-bond donors (Lipinski definition) is 2. The summed E-state index contributed by atoms with van der Waals surface area (Å²) in [5.41, 5.74) is 9.35. The van der Waals surface area contributed by atoms with Gasteiger partial charge in [0.15, 0.2) is 0 Å². The van der Waals surface area contributed by atoms with Crippen molar-refractivity contribution in [2.45, 2.75) is 58.6 Å². The quantitative estimate of drug-likeness (QED) is 0.572. The van der Waals surface area contributed by atoms with Crippen molar-refractivity contribution in [2.24, 2.45) is 7.05 Å². The molecule has 0 bridgehead atoms. The highest BCUT2D eigenvalue weighted by Crippen LogP contribution is 2.32. The number of aryl methyl sites for hydroxylation is 1. The van der Waals surface area contributed by atoms with Crippen LogP contribution in [0.1, 0.15) is 53.0 Å². The van der Waals surface area contributed by atoms with E-state index in [0.717, 1.165) is 41.6 Å². The summed E-state index contributed by atoms with van der Waals surface area (Å²) in [5, 5.41) is 11.1. The standard InChI is InChI=1S/C21H31N7O2/c1-14(9-6-7-12-23-20(29)30-21(2,3)4)28-18-15(17-13-27(5)26-25-17)10-8-11-16(18)24-19(28)22/h8,10-11,13-14H,6-7,9,12H2,1-5H3,(H2,22,24)(H,23,29)/t14-/m1/s1. The molecule has 162 valence electrons. The number of imidazole rings is 1. The number of benzene rings is 1. The summed E-state index contributed by atoms with van der Waals surface area (Å²) in [6.07, 6.45) is 4.20. The van der Waals surface area contributed by atoms with Gasteiger partial charge in [0, 0.05) is 25.2 Å². The number of nitrogens with two attached hydrogens (primary N) is 1. The van der Waals surface area contributed by atoms with Gasteiger partial charge in [-0.1, -0.05) is 17.3 Å². The van der Waals surface area contributed by atoms with Crippen LogP contribution in [0.2, 0.25) is 0 Å². The summed E-state index contributed by atoms with van der Waals surface area (Å²) in [5.74, 6) is 0.487. The first-order valence-electron chi connectivity index (χ1n) is 10.3. The molecule has 3 N–H and O–H groups in total. The summed E-state index contributed by atoms with van der Waals surface area (Å²) < 4.78 is 9.00. The molecule has 0 unspecified atom stereocenters. The molecular formula is C21H31N7O2. The Morgan fingerprint density at radius 2 is 2.07 bits per heavy atom. The van der Waals surface area contributed by atoms with Gasteiger partial charge < -0.3 is 20.4 Å². The molecule has 0 aliphatic heterocycles. The molecule has 0 fully saturated rings. The van der Waals surface area contributed by atoms with Crippen LogP contribution in [0.15, 0.2) is 24.4 Å². The maximum absolute atomic E-state index is 11.7. The smallest absolute Gasteiger partial charge is 0.407 e. The minimum atomic E-state index is -0.487. The van der Waals surface area contributed by atoms with E-state index in [1.54, 1.807) is 4.68 Å². The Hall–Kier alpha value is -3.10. The normalized spacial score (nSPS) is 12.8. The van der Waals surface area contributed by atoms with E-state index in [9.17, 15) is 4.79 Å². The molecule has 3 aromatic rings. The van der Waals surface area contributed by atoms with Gasteiger partial charge in [0.2, 0.25) is 5.95 Å². The molecule has 2 aromatic heterocycles. The predicted octanol–water partition coefficient (Wildman–Crippen LogP) is 3.67. The maximum atomic E-state index is 11.7. The molecule has 0 saturated carbocycles. The van der Waals surface area contributed by atoms with Gasteiger partial charge >= 0.3 is 6.09 Å². The number of anilines is 1. The molecular weight excluding hydrogens is 382 g/mol. The molecule has 3 rings (SSSR count). The van der Waals surface area contributed by atoms with Crippen molar-refractivity contribution in [2.75, 3.05) is 12.3 Å². The van der Waals surface area contributed by atoms with Gasteiger partial charge in [-0.3, -0.25) is 4.68 Å². The number of nitrogen functional groups attached to an aromatic ring is 1. The van der Waals surface area contributed by atoms with Crippen LogP contribution < -0.4 is 11.1 Å². The fourth-order valence-electron chi connectivity index (χ4n) is 3.49. The van der Waals surface area contributed by atoms with Crippen LogP contribution >= 0.6 is 0 Å². The zero-order chi connectivity index (χ0) is 21.9. The van der Waals surface area contributed by atoms with E-state index in [1.807, 2.05) is 52.2 Å². The number of amides is 1. The summed E-state index contributed by atoms with van der Waals surface area (Å²) in [6, 6.07) is 6.08. The number of aromatic nitrogens is 5. The number of alkyl carbamates (subject to hydrolysis) is 1. The number of fused-ring (bicyclic) bond motifs is 1. The number of hydrogen-bond acceptors (Lipinski definition) is 6. The van der Waals surface area contributed by atoms with E-state index in [-0.39, 0.29) is 12.1 Å². The average Bonchev–Trinajstić information content (AvgIpc) is 3.21. The molecule has 30 heavy (non-hydrogen) atoms. The van der Waals surface area contributed by atoms with Crippen LogP contribution in [0.5, 0.6) is 0 Å². The highest BCUT2D eigenvalue weighted by Gasteiger charge is 2.19. The molecule has 1 atom stereocenters. The lowest BCUT2D eigenvalue weighted by molar-refractivity contribution is 0.0527. The van der Waals surface area contributed by atoms with Crippen LogP contribution in [0.4, 0.5) is 10.7 Å². The Morgan fingerprint density at radius 1 is 1.30 bits per heavy atom. The van der Waals surface area contributed by atoms with E-state index >= 15 is 0 Å². The van der Waals surface area contributed by atoms with Crippen LogP contribution in [-0.4, -0.2) is 42.8 Å². The fraction of sp³-hybridized carbons (Fsp3) is 0.524. The minimum Gasteiger partial charge on any atom is -0.444 e. The molecule has 1 amide bonds. The van der Waals surface area contributed by atoms with Crippen molar-refractivity contribution < 1.29 is 9.53 Å². The minimum absolute atomic E-state index is 0.148. The van der Waals surface area contributed by atoms with Gasteiger partial charge in [-0.05, 0) is 53.0 Å². The summed E-state index contributed by atoms with van der Waals surface area (Å²) >= 11 is 0. The summed E-state index contributed by atoms with van der Waals surface area (Å²) in [6.45, 7) is 8.26. The van der Waals surface area contributed by atoms with Crippen molar-refractivity contribution in [1.82, 2.24) is 29.9 Å². The first-order chi connectivity index (χ1) is 14.2. The lowest BCUT2D eigenvalue weighted by Gasteiger charge is -2.20. The zero-order valence-corrected chi connectivity index (χ0v) is 18.3. The second kappa shape index (κ2) is 8.73. The Labute approximate surface area is 176 Å². The third kappa shape index (κ3) is 5.08. The SMILES string of the molecule is C[C@H](CCCCNC(=O)OC(C)(C)C)n1c(N)nc2cccc(-c3cn(C)nn3)c21. The van der Waals surface area contributed by atoms with Crippen molar-refractivity contribution >= 4 is 23.1 Å². The molecule has 0 aliphatic rings. The largest absolute Gasteiger partial charge is 0.444 e. The van der Waals surface area contributed by atoms with E-state index in [0.29, 0.717) is 12.5 Å². The number of ether oxygens (including phenoxy) is 1. The number of nitrogens with zero attached hydrogens (tertiary/aromatic N) is 5. The second-order valence-electron chi connectivity index (χ2n) is 8.56. The highest BCUT2D eigenvalue weighted by atomic mass is 16.6. The first kappa shape index (κ1) is 21.6. The molecule has 0 radical (unpaired) electrons. The van der Waals surface area contributed by atoms with Crippen LogP contribution in [0.25, 0.3) is 22.3 Å². The molecule has 2 heterocycles. The van der Waals surface area contributed by atoms with Gasteiger partial charge in [-0.2, -0.15) is 0 Å². The predicted molar refractivity (Wildman–Crippen MR) is 117 cm³/mol. The van der Waals surface area contributed by atoms with Gasteiger partial charge in [0.1, 0.15) is 11.3 Å². The Morgan fingerprint density at radius 3 is 2.73 bits per heavy atom. The maximum Gasteiger partial charge on any atom is 0.407 e. The third-order valence-corrected chi connectivity index (χ3v) is 4.77. The lowest BCUT2D eigenvalue weighted by atomic mass is 10.1. The van der Waals surface area contributed by atoms with Crippen molar-refractivity contribution in [3.05, 3.63) is 24.4 Å². The molecule has 9 heteroatoms. The van der Waals surface area contributed by atoms with Crippen molar-refractivity contribution in [3.63, 3.8) is 0 Å². The van der Waals surface area contributed by atoms with Gasteiger partial charge in [0.05, 0.1) is 17.2 Å². The Bertz CT molecular complexity index is 1020. The Balaban J connectivity index is 1.66. The zero-order valence-electron chi connectivity index (χ0n) is 18.3. The number of unbranched alkanes of at least 4 members (excludes halogenated alkanes) is 1. The highest BCUT2D eigenvalue weighted by molar-refractivity contribution is 5.92. The third-order valence-electron chi connectivity index (χ3n) is 4.77. The number of carbonyl (C=O) groups is 1. The van der Waals surface area contributed by atoms with Crippen LogP contribution in [0, 0.1) is 0 Å². The summed E-state index contributed by atoms with van der Waals surface area (Å²) in [4.78, 5) is 16.3. The van der Waals surface area contributed by atoms with Gasteiger partial charge in [0.25, 0.3) is 0 Å². The van der Waals surface area contributed by atoms with E-state index in [1.165, 1.54) is 0 Å². The van der Waals surface area contributed by atoms with Crippen molar-refractivity contribution in [3.8, 4) is 11.3 Å². The first-order valence-corrected chi connectivity index (χ1v) is 10.3.